The first-order valence-corrected chi connectivity index (χ1v) is 9.18. The zero-order chi connectivity index (χ0) is 14.9. The topological polar surface area (TPSA) is 79.5 Å². The van der Waals surface area contributed by atoms with Crippen molar-refractivity contribution in [2.24, 2.45) is 0 Å². The summed E-state index contributed by atoms with van der Waals surface area (Å²) in [5.41, 5.74) is 5.76. The van der Waals surface area contributed by atoms with Crippen molar-refractivity contribution in [1.82, 2.24) is 9.27 Å². The summed E-state index contributed by atoms with van der Waals surface area (Å²) >= 11 is 1.16. The first-order valence-electron chi connectivity index (χ1n) is 6.76. The van der Waals surface area contributed by atoms with Gasteiger partial charge in [-0.15, -0.1) is 0 Å². The lowest BCUT2D eigenvalue weighted by molar-refractivity contribution is 0.314. The van der Waals surface area contributed by atoms with Crippen LogP contribution in [0.4, 0.5) is 10.8 Å². The van der Waals surface area contributed by atoms with Gasteiger partial charge in [-0.25, -0.2) is 8.42 Å². The Kier molecular flexibility index (Phi) is 4.55. The largest absolute Gasteiger partial charge is 0.382 e. The van der Waals surface area contributed by atoms with E-state index < -0.39 is 9.84 Å². The average molecular weight is 318 g/mol. The number of hydrogen-bond acceptors (Lipinski definition) is 7. The third-order valence-corrected chi connectivity index (χ3v) is 6.74. The Bertz CT molecular complexity index is 570. The van der Waals surface area contributed by atoms with E-state index in [-0.39, 0.29) is 16.5 Å². The van der Waals surface area contributed by atoms with Crippen molar-refractivity contribution in [1.29, 1.82) is 0 Å². The van der Waals surface area contributed by atoms with E-state index in [0.717, 1.165) is 31.0 Å². The number of rotatable bonds is 5. The molecule has 1 fully saturated rings. The summed E-state index contributed by atoms with van der Waals surface area (Å²) in [6.07, 6.45) is 2.34. The summed E-state index contributed by atoms with van der Waals surface area (Å²) in [6, 6.07) is 0.459. The fourth-order valence-electron chi connectivity index (χ4n) is 2.57. The fraction of sp³-hybridized carbons (Fsp3) is 0.750. The highest BCUT2D eigenvalue weighted by Crippen LogP contribution is 2.35. The monoisotopic (exact) mass is 318 g/mol. The van der Waals surface area contributed by atoms with Crippen LogP contribution in [0.5, 0.6) is 0 Å². The number of anilines is 2. The minimum atomic E-state index is -3.34. The number of sulfone groups is 1. The third kappa shape index (κ3) is 2.91. The smallest absolute Gasteiger partial charge is 0.184 e. The summed E-state index contributed by atoms with van der Waals surface area (Å²) in [7, 11) is 0.677. The SMILES string of the molecule is CCS(=O)(=O)c1c(N)nsc1N(C)CC1CCCN1C. The Balaban J connectivity index is 2.25. The molecule has 0 aromatic carbocycles. The summed E-state index contributed by atoms with van der Waals surface area (Å²) in [5, 5.41) is 0.657. The quantitative estimate of drug-likeness (QED) is 0.874. The van der Waals surface area contributed by atoms with E-state index in [0.29, 0.717) is 11.0 Å². The van der Waals surface area contributed by atoms with Crippen molar-refractivity contribution >= 4 is 32.2 Å². The number of nitrogens with two attached hydrogens (primary N) is 1. The number of likely N-dealkylation sites (tertiary alicyclic amines) is 1. The lowest BCUT2D eigenvalue weighted by Crippen LogP contribution is -2.36. The molecule has 2 heterocycles. The number of hydrogen-bond donors (Lipinski definition) is 1. The zero-order valence-corrected chi connectivity index (χ0v) is 13.8. The van der Waals surface area contributed by atoms with Crippen molar-refractivity contribution in [3.63, 3.8) is 0 Å². The lowest BCUT2D eigenvalue weighted by atomic mass is 10.2. The van der Waals surface area contributed by atoms with Crippen LogP contribution in [-0.4, -0.2) is 56.7 Å². The second-order valence-electron chi connectivity index (χ2n) is 5.26. The van der Waals surface area contributed by atoms with E-state index in [4.69, 9.17) is 5.73 Å². The van der Waals surface area contributed by atoms with E-state index >= 15 is 0 Å². The van der Waals surface area contributed by atoms with Gasteiger partial charge in [0.15, 0.2) is 15.7 Å². The van der Waals surface area contributed by atoms with Crippen LogP contribution in [0, 0.1) is 0 Å². The molecule has 1 atom stereocenters. The van der Waals surface area contributed by atoms with Gasteiger partial charge in [-0.05, 0) is 38.0 Å². The molecule has 114 valence electrons. The molecule has 1 aliphatic heterocycles. The van der Waals surface area contributed by atoms with Crippen LogP contribution >= 0.6 is 11.5 Å². The Hall–Kier alpha value is -0.860. The maximum Gasteiger partial charge on any atom is 0.184 e. The lowest BCUT2D eigenvalue weighted by Gasteiger charge is -2.26. The standard InChI is InChI=1S/C12H22N4O2S2/c1-4-20(17,18)10-11(13)14-19-12(10)16(3)8-9-6-5-7-15(9)2/h9H,4-8H2,1-3H3,(H2,13,14). The molecule has 1 saturated heterocycles. The average Bonchev–Trinajstić information content (AvgIpc) is 2.96. The summed E-state index contributed by atoms with van der Waals surface area (Å²) < 4.78 is 28.3. The second-order valence-corrected chi connectivity index (χ2v) is 8.23. The molecule has 2 N–H and O–H groups in total. The van der Waals surface area contributed by atoms with E-state index in [2.05, 4.69) is 16.3 Å². The highest BCUT2D eigenvalue weighted by molar-refractivity contribution is 7.91. The maximum atomic E-state index is 12.2. The Labute approximate surface area is 124 Å². The van der Waals surface area contributed by atoms with Gasteiger partial charge in [-0.2, -0.15) is 4.37 Å². The van der Waals surface area contributed by atoms with Crippen LogP contribution in [0.25, 0.3) is 0 Å². The molecule has 1 unspecified atom stereocenters. The van der Waals surface area contributed by atoms with Crippen molar-refractivity contribution in [3.8, 4) is 0 Å². The van der Waals surface area contributed by atoms with Gasteiger partial charge in [0, 0.05) is 19.6 Å². The molecule has 0 saturated carbocycles. The molecule has 1 aromatic rings. The van der Waals surface area contributed by atoms with Gasteiger partial charge in [0.05, 0.1) is 5.75 Å². The van der Waals surface area contributed by atoms with Crippen molar-refractivity contribution in [2.75, 3.05) is 43.6 Å². The summed E-state index contributed by atoms with van der Waals surface area (Å²) in [5.74, 6) is 0.165. The normalized spacial score (nSPS) is 20.4. The molecular weight excluding hydrogens is 296 g/mol. The van der Waals surface area contributed by atoms with Gasteiger partial charge in [0.25, 0.3) is 0 Å². The van der Waals surface area contributed by atoms with Crippen LogP contribution < -0.4 is 10.6 Å². The summed E-state index contributed by atoms with van der Waals surface area (Å²) in [6.45, 7) is 3.52. The molecule has 0 amide bonds. The predicted octanol–water partition coefficient (Wildman–Crippen LogP) is 1.05. The molecule has 0 radical (unpaired) electrons. The van der Waals surface area contributed by atoms with Crippen LogP contribution in [0.1, 0.15) is 19.8 Å². The molecule has 6 nitrogen and oxygen atoms in total. The number of nitrogens with zero attached hydrogens (tertiary/aromatic N) is 3. The van der Waals surface area contributed by atoms with Gasteiger partial charge in [-0.1, -0.05) is 6.92 Å². The molecule has 1 aliphatic rings. The van der Waals surface area contributed by atoms with E-state index in [1.54, 1.807) is 6.92 Å². The third-order valence-electron chi connectivity index (χ3n) is 3.85. The van der Waals surface area contributed by atoms with Gasteiger partial charge >= 0.3 is 0 Å². The highest BCUT2D eigenvalue weighted by Gasteiger charge is 2.28. The second kappa shape index (κ2) is 5.87. The first kappa shape index (κ1) is 15.5. The van der Waals surface area contributed by atoms with Crippen LogP contribution in [0.2, 0.25) is 0 Å². The number of likely N-dealkylation sites (N-methyl/N-ethyl adjacent to an activating group) is 2. The Morgan fingerprint density at radius 2 is 2.25 bits per heavy atom. The molecule has 1 aromatic heterocycles. The molecule has 0 aliphatic carbocycles. The minimum Gasteiger partial charge on any atom is -0.382 e. The molecule has 8 heteroatoms. The van der Waals surface area contributed by atoms with E-state index in [1.807, 2.05) is 11.9 Å². The summed E-state index contributed by atoms with van der Waals surface area (Å²) in [4.78, 5) is 4.49. The number of aromatic nitrogens is 1. The maximum absolute atomic E-state index is 12.2. The molecule has 0 spiro atoms. The van der Waals surface area contributed by atoms with Gasteiger partial charge in [-0.3, -0.25) is 0 Å². The first-order chi connectivity index (χ1) is 9.36. The molecular formula is C12H22N4O2S2. The zero-order valence-electron chi connectivity index (χ0n) is 12.2. The molecule has 2 rings (SSSR count). The molecule has 20 heavy (non-hydrogen) atoms. The van der Waals surface area contributed by atoms with Crippen LogP contribution in [-0.2, 0) is 9.84 Å². The fourth-order valence-corrected chi connectivity index (χ4v) is 4.88. The van der Waals surface area contributed by atoms with Crippen molar-refractivity contribution in [2.45, 2.75) is 30.7 Å². The van der Waals surface area contributed by atoms with Crippen LogP contribution in [0.3, 0.4) is 0 Å². The minimum absolute atomic E-state index is 0.0415. The molecule has 0 bridgehead atoms. The predicted molar refractivity (Wildman–Crippen MR) is 83.2 cm³/mol. The van der Waals surface area contributed by atoms with Crippen LogP contribution in [0.15, 0.2) is 4.90 Å². The van der Waals surface area contributed by atoms with Crippen molar-refractivity contribution in [3.05, 3.63) is 0 Å². The Morgan fingerprint density at radius 3 is 2.80 bits per heavy atom. The van der Waals surface area contributed by atoms with Gasteiger partial charge in [0.2, 0.25) is 0 Å². The van der Waals surface area contributed by atoms with E-state index in [9.17, 15) is 8.42 Å². The van der Waals surface area contributed by atoms with E-state index in [1.165, 1.54) is 6.42 Å². The van der Waals surface area contributed by atoms with Crippen molar-refractivity contribution < 1.29 is 8.42 Å². The number of nitrogen functional groups attached to an aromatic ring is 1. The van der Waals surface area contributed by atoms with Gasteiger partial charge < -0.3 is 15.5 Å². The highest BCUT2D eigenvalue weighted by atomic mass is 32.2. The Morgan fingerprint density at radius 1 is 1.55 bits per heavy atom. The van der Waals surface area contributed by atoms with Gasteiger partial charge in [0.1, 0.15) is 9.90 Å².